The van der Waals surface area contributed by atoms with Crippen LogP contribution in [0.2, 0.25) is 0 Å². The molecule has 1 aromatic carbocycles. The summed E-state index contributed by atoms with van der Waals surface area (Å²) in [7, 11) is 0. The number of halogens is 3. The minimum Gasteiger partial charge on any atom is -0.317 e. The number of hydrogen-bond acceptors (Lipinski definition) is 1. The first-order valence-corrected chi connectivity index (χ1v) is 4.93. The molecular weight excluding hydrogens is 220 g/mol. The summed E-state index contributed by atoms with van der Waals surface area (Å²) in [6.07, 6.45) is 2.01. The Morgan fingerprint density at radius 1 is 1.07 bits per heavy atom. The van der Waals surface area contributed by atoms with Crippen molar-refractivity contribution in [2.45, 2.75) is 18.8 Å². The number of rotatable bonds is 1. The van der Waals surface area contributed by atoms with Crippen molar-refractivity contribution in [1.82, 2.24) is 5.32 Å². The Balaban J connectivity index is 0.00000112. The molecule has 0 spiro atoms. The van der Waals surface area contributed by atoms with Crippen LogP contribution in [0.15, 0.2) is 18.2 Å². The topological polar surface area (TPSA) is 12.0 Å². The molecule has 0 aliphatic carbocycles. The zero-order chi connectivity index (χ0) is 9.97. The van der Waals surface area contributed by atoms with Gasteiger partial charge in [0, 0.05) is 0 Å². The van der Waals surface area contributed by atoms with E-state index in [2.05, 4.69) is 5.32 Å². The maximum Gasteiger partial charge on any atom is 0.159 e. The fraction of sp³-hybridized carbons (Fsp3) is 0.455. The second-order valence-electron chi connectivity index (χ2n) is 3.70. The molecule has 1 N–H and O–H groups in total. The van der Waals surface area contributed by atoms with Crippen molar-refractivity contribution in [3.8, 4) is 0 Å². The normalized spacial score (nSPS) is 17.2. The predicted octanol–water partition coefficient (Wildman–Crippen LogP) is 2.85. The predicted molar refractivity (Wildman–Crippen MR) is 58.5 cm³/mol. The van der Waals surface area contributed by atoms with Crippen LogP contribution in [0.5, 0.6) is 0 Å². The van der Waals surface area contributed by atoms with Crippen molar-refractivity contribution < 1.29 is 8.78 Å². The molecule has 15 heavy (non-hydrogen) atoms. The average Bonchev–Trinajstić information content (AvgIpc) is 2.23. The molecule has 0 atom stereocenters. The molecule has 0 saturated carbocycles. The van der Waals surface area contributed by atoms with Crippen LogP contribution in [-0.4, -0.2) is 13.1 Å². The summed E-state index contributed by atoms with van der Waals surface area (Å²) in [5.41, 5.74) is 0.922. The van der Waals surface area contributed by atoms with E-state index in [4.69, 9.17) is 0 Å². The highest BCUT2D eigenvalue weighted by atomic mass is 35.5. The van der Waals surface area contributed by atoms with E-state index >= 15 is 0 Å². The van der Waals surface area contributed by atoms with Gasteiger partial charge in [0.25, 0.3) is 0 Å². The van der Waals surface area contributed by atoms with Crippen molar-refractivity contribution in [1.29, 1.82) is 0 Å². The van der Waals surface area contributed by atoms with Crippen LogP contribution in [0, 0.1) is 11.6 Å². The van der Waals surface area contributed by atoms with Gasteiger partial charge in [-0.05, 0) is 49.5 Å². The molecule has 1 fully saturated rings. The Bertz CT molecular complexity index is 324. The average molecular weight is 234 g/mol. The first-order chi connectivity index (χ1) is 6.77. The Kier molecular flexibility index (Phi) is 4.48. The summed E-state index contributed by atoms with van der Waals surface area (Å²) in [4.78, 5) is 0. The Morgan fingerprint density at radius 3 is 2.33 bits per heavy atom. The summed E-state index contributed by atoms with van der Waals surface area (Å²) >= 11 is 0. The third kappa shape index (κ3) is 2.89. The van der Waals surface area contributed by atoms with E-state index in [0.717, 1.165) is 31.5 Å². The maximum atomic E-state index is 12.9. The highest BCUT2D eigenvalue weighted by Crippen LogP contribution is 2.26. The molecule has 1 nitrogen and oxygen atoms in total. The molecule has 2 rings (SSSR count). The zero-order valence-electron chi connectivity index (χ0n) is 8.30. The minimum atomic E-state index is -0.761. The van der Waals surface area contributed by atoms with Crippen molar-refractivity contribution in [2.75, 3.05) is 13.1 Å². The van der Waals surface area contributed by atoms with Gasteiger partial charge in [0.1, 0.15) is 0 Å². The van der Waals surface area contributed by atoms with Gasteiger partial charge in [-0.2, -0.15) is 0 Å². The first-order valence-electron chi connectivity index (χ1n) is 4.93. The lowest BCUT2D eigenvalue weighted by Crippen LogP contribution is -2.26. The van der Waals surface area contributed by atoms with Crippen molar-refractivity contribution in [2.24, 2.45) is 0 Å². The molecule has 0 aromatic heterocycles. The van der Waals surface area contributed by atoms with Crippen LogP contribution in [0.4, 0.5) is 8.78 Å². The Morgan fingerprint density at radius 2 is 1.73 bits per heavy atom. The zero-order valence-corrected chi connectivity index (χ0v) is 9.12. The van der Waals surface area contributed by atoms with Gasteiger partial charge in [-0.15, -0.1) is 12.4 Å². The lowest BCUT2D eigenvalue weighted by atomic mass is 9.90. The third-order valence-electron chi connectivity index (χ3n) is 2.75. The summed E-state index contributed by atoms with van der Waals surface area (Å²) in [5.74, 6) is -1.12. The standard InChI is InChI=1S/C11H13F2N.ClH/c12-10-2-1-9(7-11(10)13)8-3-5-14-6-4-8;/h1-2,7-8,14H,3-6H2;1H. The van der Waals surface area contributed by atoms with Gasteiger partial charge in [-0.3, -0.25) is 0 Å². The van der Waals surface area contributed by atoms with Crippen LogP contribution in [0.25, 0.3) is 0 Å². The lowest BCUT2D eigenvalue weighted by molar-refractivity contribution is 0.454. The summed E-state index contributed by atoms with van der Waals surface area (Å²) in [5, 5.41) is 3.24. The van der Waals surface area contributed by atoms with E-state index in [0.29, 0.717) is 5.92 Å². The molecule has 4 heteroatoms. The van der Waals surface area contributed by atoms with E-state index in [1.807, 2.05) is 0 Å². The summed E-state index contributed by atoms with van der Waals surface area (Å²) in [6.45, 7) is 1.92. The molecule has 1 saturated heterocycles. The van der Waals surface area contributed by atoms with Gasteiger partial charge in [0.15, 0.2) is 11.6 Å². The van der Waals surface area contributed by atoms with Gasteiger partial charge in [-0.25, -0.2) is 8.78 Å². The number of benzene rings is 1. The second-order valence-corrected chi connectivity index (χ2v) is 3.70. The molecule has 1 aliphatic heterocycles. The summed E-state index contributed by atoms with van der Waals surface area (Å²) in [6, 6.07) is 4.23. The van der Waals surface area contributed by atoms with Gasteiger partial charge >= 0.3 is 0 Å². The molecule has 1 aromatic rings. The molecular formula is C11H14ClF2N. The lowest BCUT2D eigenvalue weighted by Gasteiger charge is -2.22. The fourth-order valence-electron chi connectivity index (χ4n) is 1.92. The number of nitrogens with one attached hydrogen (secondary N) is 1. The Labute approximate surface area is 94.3 Å². The fourth-order valence-corrected chi connectivity index (χ4v) is 1.92. The molecule has 1 aliphatic rings. The van der Waals surface area contributed by atoms with Crippen LogP contribution in [-0.2, 0) is 0 Å². The van der Waals surface area contributed by atoms with Crippen LogP contribution in [0.3, 0.4) is 0 Å². The summed E-state index contributed by atoms with van der Waals surface area (Å²) < 4.78 is 25.6. The van der Waals surface area contributed by atoms with E-state index < -0.39 is 11.6 Å². The molecule has 0 bridgehead atoms. The van der Waals surface area contributed by atoms with Crippen LogP contribution in [0.1, 0.15) is 24.3 Å². The molecule has 0 amide bonds. The van der Waals surface area contributed by atoms with Gasteiger partial charge in [0.2, 0.25) is 0 Å². The van der Waals surface area contributed by atoms with E-state index in [1.54, 1.807) is 6.07 Å². The smallest absolute Gasteiger partial charge is 0.159 e. The largest absolute Gasteiger partial charge is 0.317 e. The number of piperidine rings is 1. The molecule has 1 heterocycles. The molecule has 84 valence electrons. The van der Waals surface area contributed by atoms with E-state index in [1.165, 1.54) is 12.1 Å². The minimum absolute atomic E-state index is 0. The van der Waals surface area contributed by atoms with E-state index in [-0.39, 0.29) is 12.4 Å². The van der Waals surface area contributed by atoms with Crippen LogP contribution < -0.4 is 5.32 Å². The maximum absolute atomic E-state index is 12.9. The number of hydrogen-bond donors (Lipinski definition) is 1. The van der Waals surface area contributed by atoms with E-state index in [9.17, 15) is 8.78 Å². The van der Waals surface area contributed by atoms with Crippen LogP contribution >= 0.6 is 12.4 Å². The van der Waals surface area contributed by atoms with Gasteiger partial charge < -0.3 is 5.32 Å². The first kappa shape index (κ1) is 12.4. The SMILES string of the molecule is Cl.Fc1ccc(C2CCNCC2)cc1F. The monoisotopic (exact) mass is 233 g/mol. The second kappa shape index (κ2) is 5.42. The van der Waals surface area contributed by atoms with Gasteiger partial charge in [0.05, 0.1) is 0 Å². The van der Waals surface area contributed by atoms with Crippen molar-refractivity contribution in [3.63, 3.8) is 0 Å². The third-order valence-corrected chi connectivity index (χ3v) is 2.75. The quantitative estimate of drug-likeness (QED) is 0.787. The van der Waals surface area contributed by atoms with Crippen molar-refractivity contribution >= 4 is 12.4 Å². The highest BCUT2D eigenvalue weighted by molar-refractivity contribution is 5.85. The van der Waals surface area contributed by atoms with Gasteiger partial charge in [-0.1, -0.05) is 6.07 Å². The van der Waals surface area contributed by atoms with Crippen molar-refractivity contribution in [3.05, 3.63) is 35.4 Å². The highest BCUT2D eigenvalue weighted by Gasteiger charge is 2.16. The molecule has 0 unspecified atom stereocenters. The molecule has 0 radical (unpaired) electrons. The Hall–Kier alpha value is -0.670.